The van der Waals surface area contributed by atoms with Gasteiger partial charge < -0.3 is 15.2 Å². The van der Waals surface area contributed by atoms with Crippen LogP contribution >= 0.6 is 0 Å². The van der Waals surface area contributed by atoms with Gasteiger partial charge in [0.05, 0.1) is 11.3 Å². The van der Waals surface area contributed by atoms with Gasteiger partial charge in [-0.25, -0.2) is 0 Å². The number of nitrogens with one attached hydrogen (secondary N) is 1. The van der Waals surface area contributed by atoms with E-state index in [-0.39, 0.29) is 18.4 Å². The standard InChI is InChI=1S/C15H25N3O3/c1-4-18-13(9-12(17-18)11(2)3)14(19)16-10-15(20)5-7-21-8-6-15/h9,11,20H,4-8,10H2,1-3H3,(H,16,19). The van der Waals surface area contributed by atoms with Gasteiger partial charge in [0, 0.05) is 39.1 Å². The molecule has 0 saturated carbocycles. The van der Waals surface area contributed by atoms with Crippen LogP contribution in [0.25, 0.3) is 0 Å². The monoisotopic (exact) mass is 295 g/mol. The molecule has 0 atom stereocenters. The summed E-state index contributed by atoms with van der Waals surface area (Å²) in [6.07, 6.45) is 1.11. The van der Waals surface area contributed by atoms with Gasteiger partial charge in [0.2, 0.25) is 0 Å². The minimum absolute atomic E-state index is 0.184. The number of carbonyl (C=O) groups excluding carboxylic acids is 1. The first-order valence-electron chi connectivity index (χ1n) is 7.61. The fourth-order valence-corrected chi connectivity index (χ4v) is 2.41. The Balaban J connectivity index is 2.02. The molecule has 1 aromatic heterocycles. The Kier molecular flexibility index (Phi) is 5.00. The van der Waals surface area contributed by atoms with Crippen molar-refractivity contribution in [2.45, 2.75) is 51.7 Å². The lowest BCUT2D eigenvalue weighted by molar-refractivity contribution is -0.0605. The van der Waals surface area contributed by atoms with Crippen LogP contribution in [-0.2, 0) is 11.3 Å². The molecule has 1 amide bonds. The summed E-state index contributed by atoms with van der Waals surface area (Å²) in [5.41, 5.74) is 0.606. The van der Waals surface area contributed by atoms with Crippen LogP contribution in [0.2, 0.25) is 0 Å². The van der Waals surface area contributed by atoms with Gasteiger partial charge in [-0.05, 0) is 18.9 Å². The van der Waals surface area contributed by atoms with Gasteiger partial charge in [-0.2, -0.15) is 5.10 Å². The third kappa shape index (κ3) is 3.83. The Morgan fingerprint density at radius 1 is 1.52 bits per heavy atom. The van der Waals surface area contributed by atoms with Crippen molar-refractivity contribution in [2.24, 2.45) is 0 Å². The lowest BCUT2D eigenvalue weighted by Gasteiger charge is -2.32. The zero-order valence-electron chi connectivity index (χ0n) is 13.1. The van der Waals surface area contributed by atoms with Gasteiger partial charge in [0.15, 0.2) is 0 Å². The number of aryl methyl sites for hydroxylation is 1. The van der Waals surface area contributed by atoms with Gasteiger partial charge in [0.1, 0.15) is 5.69 Å². The molecule has 6 nitrogen and oxygen atoms in total. The smallest absolute Gasteiger partial charge is 0.269 e. The van der Waals surface area contributed by atoms with Crippen LogP contribution in [0, 0.1) is 0 Å². The summed E-state index contributed by atoms with van der Waals surface area (Å²) in [5.74, 6) is 0.0974. The summed E-state index contributed by atoms with van der Waals surface area (Å²) in [7, 11) is 0. The van der Waals surface area contributed by atoms with Crippen LogP contribution in [-0.4, -0.2) is 46.2 Å². The summed E-state index contributed by atoms with van der Waals surface area (Å²) in [5, 5.41) is 17.6. The van der Waals surface area contributed by atoms with Crippen molar-refractivity contribution >= 4 is 5.91 Å². The predicted octanol–water partition coefficient (Wildman–Crippen LogP) is 1.30. The van der Waals surface area contributed by atoms with Crippen molar-refractivity contribution in [3.8, 4) is 0 Å². The number of aliphatic hydroxyl groups is 1. The van der Waals surface area contributed by atoms with Crippen molar-refractivity contribution in [3.63, 3.8) is 0 Å². The maximum Gasteiger partial charge on any atom is 0.269 e. The largest absolute Gasteiger partial charge is 0.388 e. The van der Waals surface area contributed by atoms with Crippen molar-refractivity contribution < 1.29 is 14.6 Å². The zero-order valence-corrected chi connectivity index (χ0v) is 13.1. The van der Waals surface area contributed by atoms with Crippen LogP contribution in [0.3, 0.4) is 0 Å². The molecule has 1 fully saturated rings. The van der Waals surface area contributed by atoms with E-state index in [4.69, 9.17) is 4.74 Å². The third-order valence-electron chi connectivity index (χ3n) is 3.92. The van der Waals surface area contributed by atoms with E-state index in [9.17, 15) is 9.90 Å². The quantitative estimate of drug-likeness (QED) is 0.858. The van der Waals surface area contributed by atoms with Gasteiger partial charge >= 0.3 is 0 Å². The minimum Gasteiger partial charge on any atom is -0.388 e. The summed E-state index contributed by atoms with van der Waals surface area (Å²) in [6.45, 7) is 8.03. The van der Waals surface area contributed by atoms with E-state index in [2.05, 4.69) is 24.3 Å². The molecule has 2 N–H and O–H groups in total. The molecule has 2 rings (SSSR count). The zero-order chi connectivity index (χ0) is 15.5. The molecule has 0 radical (unpaired) electrons. The average molecular weight is 295 g/mol. The number of amides is 1. The van der Waals surface area contributed by atoms with E-state index in [0.29, 0.717) is 38.3 Å². The number of aromatic nitrogens is 2. The van der Waals surface area contributed by atoms with Crippen molar-refractivity contribution in [2.75, 3.05) is 19.8 Å². The lowest BCUT2D eigenvalue weighted by atomic mass is 9.94. The predicted molar refractivity (Wildman–Crippen MR) is 79.3 cm³/mol. The van der Waals surface area contributed by atoms with Gasteiger partial charge in [-0.1, -0.05) is 13.8 Å². The van der Waals surface area contributed by atoms with Crippen molar-refractivity contribution in [1.29, 1.82) is 0 Å². The highest BCUT2D eigenvalue weighted by Crippen LogP contribution is 2.20. The second kappa shape index (κ2) is 6.58. The lowest BCUT2D eigenvalue weighted by Crippen LogP contribution is -2.46. The number of hydrogen-bond acceptors (Lipinski definition) is 4. The van der Waals surface area contributed by atoms with Gasteiger partial charge in [-0.15, -0.1) is 0 Å². The molecule has 2 heterocycles. The Hall–Kier alpha value is -1.40. The number of nitrogens with zero attached hydrogens (tertiary/aromatic N) is 2. The highest BCUT2D eigenvalue weighted by Gasteiger charge is 2.30. The van der Waals surface area contributed by atoms with Crippen LogP contribution in [0.1, 0.15) is 55.7 Å². The van der Waals surface area contributed by atoms with E-state index in [1.54, 1.807) is 4.68 Å². The van der Waals surface area contributed by atoms with Crippen LogP contribution in [0.4, 0.5) is 0 Å². The summed E-state index contributed by atoms with van der Waals surface area (Å²) < 4.78 is 6.94. The molecule has 118 valence electrons. The molecule has 0 aliphatic carbocycles. The van der Waals surface area contributed by atoms with Crippen LogP contribution in [0.15, 0.2) is 6.07 Å². The molecule has 6 heteroatoms. The van der Waals surface area contributed by atoms with Crippen molar-refractivity contribution in [1.82, 2.24) is 15.1 Å². The molecule has 1 aliphatic heterocycles. The Morgan fingerprint density at radius 2 is 2.19 bits per heavy atom. The summed E-state index contributed by atoms with van der Waals surface area (Å²) in [4.78, 5) is 12.3. The maximum absolute atomic E-state index is 12.3. The van der Waals surface area contributed by atoms with Gasteiger partial charge in [-0.3, -0.25) is 9.48 Å². The number of carbonyl (C=O) groups is 1. The Bertz CT molecular complexity index is 490. The highest BCUT2D eigenvalue weighted by atomic mass is 16.5. The fourth-order valence-electron chi connectivity index (χ4n) is 2.41. The van der Waals surface area contributed by atoms with E-state index in [0.717, 1.165) is 5.69 Å². The normalized spacial score (nSPS) is 18.0. The summed E-state index contributed by atoms with van der Waals surface area (Å²) >= 11 is 0. The molecule has 0 aromatic carbocycles. The van der Waals surface area contributed by atoms with E-state index in [1.807, 2.05) is 13.0 Å². The fraction of sp³-hybridized carbons (Fsp3) is 0.733. The minimum atomic E-state index is -0.855. The molecule has 1 aromatic rings. The van der Waals surface area contributed by atoms with Gasteiger partial charge in [0.25, 0.3) is 5.91 Å². The molecule has 1 saturated heterocycles. The molecule has 1 aliphatic rings. The Labute approximate surface area is 125 Å². The first-order chi connectivity index (χ1) is 9.95. The van der Waals surface area contributed by atoms with Crippen LogP contribution in [0.5, 0.6) is 0 Å². The summed E-state index contributed by atoms with van der Waals surface area (Å²) in [6, 6.07) is 1.83. The molecule has 0 unspecified atom stereocenters. The van der Waals surface area contributed by atoms with E-state index in [1.165, 1.54) is 0 Å². The SMILES string of the molecule is CCn1nc(C(C)C)cc1C(=O)NCC1(O)CCOCC1. The third-order valence-corrected chi connectivity index (χ3v) is 3.92. The number of ether oxygens (including phenoxy) is 1. The topological polar surface area (TPSA) is 76.4 Å². The van der Waals surface area contributed by atoms with E-state index >= 15 is 0 Å². The van der Waals surface area contributed by atoms with Crippen molar-refractivity contribution in [3.05, 3.63) is 17.5 Å². The number of hydrogen-bond donors (Lipinski definition) is 2. The average Bonchev–Trinajstić information content (AvgIpc) is 2.90. The second-order valence-corrected chi connectivity index (χ2v) is 5.94. The first kappa shape index (κ1) is 16.0. The van der Waals surface area contributed by atoms with E-state index < -0.39 is 5.60 Å². The molecule has 0 bridgehead atoms. The van der Waals surface area contributed by atoms with Crippen LogP contribution < -0.4 is 5.32 Å². The highest BCUT2D eigenvalue weighted by molar-refractivity contribution is 5.92. The molecular formula is C15H25N3O3. The maximum atomic E-state index is 12.3. The number of rotatable bonds is 5. The second-order valence-electron chi connectivity index (χ2n) is 5.94. The molecule has 21 heavy (non-hydrogen) atoms. The molecular weight excluding hydrogens is 270 g/mol. The first-order valence-corrected chi connectivity index (χ1v) is 7.61. The molecule has 0 spiro atoms. The Morgan fingerprint density at radius 3 is 2.76 bits per heavy atom.